The van der Waals surface area contributed by atoms with E-state index in [1.165, 1.54) is 5.56 Å². The molecule has 0 saturated heterocycles. The summed E-state index contributed by atoms with van der Waals surface area (Å²) in [6.45, 7) is 1.70. The minimum absolute atomic E-state index is 0.443. The topological polar surface area (TPSA) is 21.3 Å². The van der Waals surface area contributed by atoms with Gasteiger partial charge in [0.15, 0.2) is 0 Å². The number of rotatable bonds is 2. The van der Waals surface area contributed by atoms with Crippen LogP contribution in [-0.4, -0.2) is 20.2 Å². The lowest BCUT2D eigenvalue weighted by molar-refractivity contribution is 0.328. The maximum absolute atomic E-state index is 5.91. The first kappa shape index (κ1) is 8.85. The molecular formula is C10H12ClNO. The van der Waals surface area contributed by atoms with E-state index in [9.17, 15) is 0 Å². The van der Waals surface area contributed by atoms with Crippen LogP contribution in [0, 0.1) is 0 Å². The van der Waals surface area contributed by atoms with Crippen LogP contribution in [0.5, 0.6) is 5.75 Å². The van der Waals surface area contributed by atoms with Gasteiger partial charge in [0.25, 0.3) is 0 Å². The second-order valence-electron chi connectivity index (χ2n) is 3.25. The molecule has 1 aromatic rings. The Morgan fingerprint density at radius 2 is 2.46 bits per heavy atom. The molecule has 1 N–H and O–H groups in total. The maximum atomic E-state index is 5.91. The van der Waals surface area contributed by atoms with Gasteiger partial charge in [-0.15, -0.1) is 0 Å². The largest absolute Gasteiger partial charge is 0.493 e. The molecule has 0 aromatic heterocycles. The van der Waals surface area contributed by atoms with Crippen molar-refractivity contribution in [1.82, 2.24) is 5.32 Å². The summed E-state index contributed by atoms with van der Waals surface area (Å²) in [5.41, 5.74) is 1.22. The van der Waals surface area contributed by atoms with Gasteiger partial charge >= 0.3 is 0 Å². The highest BCUT2D eigenvalue weighted by Crippen LogP contribution is 2.35. The monoisotopic (exact) mass is 197 g/mol. The van der Waals surface area contributed by atoms with Crippen molar-refractivity contribution in [3.05, 3.63) is 28.8 Å². The minimum atomic E-state index is 0.443. The molecule has 2 rings (SSSR count). The van der Waals surface area contributed by atoms with Crippen molar-refractivity contribution in [1.29, 1.82) is 0 Å². The second-order valence-corrected chi connectivity index (χ2v) is 3.68. The third kappa shape index (κ3) is 1.64. The molecule has 0 fully saturated rings. The third-order valence-electron chi connectivity index (χ3n) is 2.30. The first-order valence-corrected chi connectivity index (χ1v) is 4.76. The predicted octanol–water partition coefficient (Wildman–Crippen LogP) is 2.04. The summed E-state index contributed by atoms with van der Waals surface area (Å²) in [6, 6.07) is 5.79. The van der Waals surface area contributed by atoms with Crippen molar-refractivity contribution in [2.45, 2.75) is 5.92 Å². The van der Waals surface area contributed by atoms with E-state index >= 15 is 0 Å². The zero-order chi connectivity index (χ0) is 9.26. The van der Waals surface area contributed by atoms with Crippen molar-refractivity contribution in [3.8, 4) is 5.75 Å². The molecule has 70 valence electrons. The number of ether oxygens (including phenoxy) is 1. The van der Waals surface area contributed by atoms with E-state index in [-0.39, 0.29) is 0 Å². The molecular weight excluding hydrogens is 186 g/mol. The van der Waals surface area contributed by atoms with Crippen LogP contribution in [0.4, 0.5) is 0 Å². The van der Waals surface area contributed by atoms with Crippen LogP contribution in [0.3, 0.4) is 0 Å². The van der Waals surface area contributed by atoms with Crippen molar-refractivity contribution >= 4 is 11.6 Å². The van der Waals surface area contributed by atoms with E-state index in [2.05, 4.69) is 5.32 Å². The molecule has 0 radical (unpaired) electrons. The van der Waals surface area contributed by atoms with Gasteiger partial charge in [0.2, 0.25) is 0 Å². The zero-order valence-corrected chi connectivity index (χ0v) is 8.27. The summed E-state index contributed by atoms with van der Waals surface area (Å²) >= 11 is 5.91. The molecule has 1 unspecified atom stereocenters. The average molecular weight is 198 g/mol. The third-order valence-corrected chi connectivity index (χ3v) is 2.54. The first-order valence-electron chi connectivity index (χ1n) is 4.38. The van der Waals surface area contributed by atoms with Crippen LogP contribution in [-0.2, 0) is 0 Å². The number of fused-ring (bicyclic) bond motifs is 1. The predicted molar refractivity (Wildman–Crippen MR) is 53.6 cm³/mol. The minimum Gasteiger partial charge on any atom is -0.493 e. The molecule has 2 nitrogen and oxygen atoms in total. The number of likely N-dealkylation sites (N-methyl/N-ethyl adjacent to an activating group) is 1. The van der Waals surface area contributed by atoms with Crippen molar-refractivity contribution < 1.29 is 4.74 Å². The zero-order valence-electron chi connectivity index (χ0n) is 7.51. The van der Waals surface area contributed by atoms with Crippen LogP contribution in [0.2, 0.25) is 5.02 Å². The number of benzene rings is 1. The van der Waals surface area contributed by atoms with Crippen molar-refractivity contribution in [3.63, 3.8) is 0 Å². The summed E-state index contributed by atoms with van der Waals surface area (Å²) in [5, 5.41) is 3.93. The first-order chi connectivity index (χ1) is 6.31. The smallest absolute Gasteiger partial charge is 0.123 e. The van der Waals surface area contributed by atoms with Gasteiger partial charge in [-0.2, -0.15) is 0 Å². The summed E-state index contributed by atoms with van der Waals surface area (Å²) < 4.78 is 5.52. The lowest BCUT2D eigenvalue weighted by Crippen LogP contribution is -2.18. The van der Waals surface area contributed by atoms with Crippen LogP contribution in [0.25, 0.3) is 0 Å². The molecule has 1 aromatic carbocycles. The highest BCUT2D eigenvalue weighted by molar-refractivity contribution is 6.30. The molecule has 0 amide bonds. The number of hydrogen-bond acceptors (Lipinski definition) is 2. The molecule has 0 aliphatic carbocycles. The molecule has 0 saturated carbocycles. The van der Waals surface area contributed by atoms with Gasteiger partial charge in [0.05, 0.1) is 6.61 Å². The number of nitrogens with one attached hydrogen (secondary N) is 1. The maximum Gasteiger partial charge on any atom is 0.123 e. The van der Waals surface area contributed by atoms with Crippen molar-refractivity contribution in [2.24, 2.45) is 0 Å². The van der Waals surface area contributed by atoms with E-state index in [1.54, 1.807) is 0 Å². The second kappa shape index (κ2) is 3.56. The Bertz CT molecular complexity index is 312. The van der Waals surface area contributed by atoms with Gasteiger partial charge in [-0.3, -0.25) is 0 Å². The Balaban J connectivity index is 2.29. The summed E-state index contributed by atoms with van der Waals surface area (Å²) in [5.74, 6) is 1.42. The van der Waals surface area contributed by atoms with Gasteiger partial charge in [0.1, 0.15) is 5.75 Å². The Morgan fingerprint density at radius 1 is 1.62 bits per heavy atom. The summed E-state index contributed by atoms with van der Waals surface area (Å²) in [7, 11) is 1.95. The van der Waals surface area contributed by atoms with Crippen LogP contribution < -0.4 is 10.1 Å². The standard InChI is InChI=1S/C10H12ClNO/c1-12-5-7-6-13-10-3-2-8(11)4-9(7)10/h2-4,7,12H,5-6H2,1H3. The normalized spacial score (nSPS) is 19.7. The fraction of sp³-hybridized carbons (Fsp3) is 0.400. The number of halogens is 1. The molecule has 1 aliphatic heterocycles. The van der Waals surface area contributed by atoms with E-state index in [0.29, 0.717) is 5.92 Å². The lowest BCUT2D eigenvalue weighted by Gasteiger charge is -2.06. The highest BCUT2D eigenvalue weighted by atomic mass is 35.5. The van der Waals surface area contributed by atoms with Gasteiger partial charge in [-0.05, 0) is 25.2 Å². The van der Waals surface area contributed by atoms with E-state index in [0.717, 1.165) is 23.9 Å². The fourth-order valence-electron chi connectivity index (χ4n) is 1.67. The summed E-state index contributed by atoms with van der Waals surface area (Å²) in [4.78, 5) is 0. The molecule has 3 heteroatoms. The average Bonchev–Trinajstić information content (AvgIpc) is 2.49. The molecule has 1 aliphatic rings. The SMILES string of the molecule is CNCC1COc2ccc(Cl)cc21. The van der Waals surface area contributed by atoms with Gasteiger partial charge in [0, 0.05) is 23.0 Å². The number of hydrogen-bond donors (Lipinski definition) is 1. The van der Waals surface area contributed by atoms with E-state index in [1.807, 2.05) is 25.2 Å². The molecule has 0 spiro atoms. The molecule has 1 atom stereocenters. The van der Waals surface area contributed by atoms with Gasteiger partial charge in [-0.25, -0.2) is 0 Å². The summed E-state index contributed by atoms with van der Waals surface area (Å²) in [6.07, 6.45) is 0. The van der Waals surface area contributed by atoms with E-state index in [4.69, 9.17) is 16.3 Å². The Morgan fingerprint density at radius 3 is 3.23 bits per heavy atom. The van der Waals surface area contributed by atoms with Crippen LogP contribution in [0.1, 0.15) is 11.5 Å². The van der Waals surface area contributed by atoms with Crippen LogP contribution in [0.15, 0.2) is 18.2 Å². The Labute approximate surface area is 82.9 Å². The quantitative estimate of drug-likeness (QED) is 0.784. The Kier molecular flexibility index (Phi) is 2.42. The van der Waals surface area contributed by atoms with E-state index < -0.39 is 0 Å². The lowest BCUT2D eigenvalue weighted by atomic mass is 10.0. The van der Waals surface area contributed by atoms with Gasteiger partial charge in [-0.1, -0.05) is 11.6 Å². The molecule has 13 heavy (non-hydrogen) atoms. The van der Waals surface area contributed by atoms with Crippen LogP contribution >= 0.6 is 11.6 Å². The molecule has 1 heterocycles. The van der Waals surface area contributed by atoms with Crippen molar-refractivity contribution in [2.75, 3.05) is 20.2 Å². The highest BCUT2D eigenvalue weighted by Gasteiger charge is 2.23. The molecule has 0 bridgehead atoms. The Hall–Kier alpha value is -0.730. The fourth-order valence-corrected chi connectivity index (χ4v) is 1.85. The van der Waals surface area contributed by atoms with Gasteiger partial charge < -0.3 is 10.1 Å².